The van der Waals surface area contributed by atoms with Crippen LogP contribution in [0.4, 0.5) is 4.79 Å². The molecule has 2 amide bonds. The molecule has 2 saturated carbocycles. The standard InChI is InChI=1S/C16H24N2O2/c1-15(2)11-6-7-16(15,3)13(9-11)18-14(19)17-10-12-5-4-8-20-12/h4-5,8,11,13H,6-7,9-10H2,1-3H3,(H2,17,18,19)/t11-,13-,16-/m1/s1. The number of hydrogen-bond donors (Lipinski definition) is 2. The summed E-state index contributed by atoms with van der Waals surface area (Å²) in [5.41, 5.74) is 0.547. The summed E-state index contributed by atoms with van der Waals surface area (Å²) in [7, 11) is 0. The number of carbonyl (C=O) groups excluding carboxylic acids is 1. The summed E-state index contributed by atoms with van der Waals surface area (Å²) in [6, 6.07) is 3.89. The molecule has 3 rings (SSSR count). The topological polar surface area (TPSA) is 54.3 Å². The van der Waals surface area contributed by atoms with Gasteiger partial charge >= 0.3 is 6.03 Å². The zero-order valence-electron chi connectivity index (χ0n) is 12.5. The Hall–Kier alpha value is -1.45. The lowest BCUT2D eigenvalue weighted by Crippen LogP contribution is -2.49. The van der Waals surface area contributed by atoms with Gasteiger partial charge in [0.1, 0.15) is 5.76 Å². The van der Waals surface area contributed by atoms with E-state index in [0.29, 0.717) is 12.0 Å². The number of rotatable bonds is 3. The van der Waals surface area contributed by atoms with Crippen molar-refractivity contribution in [2.45, 2.75) is 52.6 Å². The van der Waals surface area contributed by atoms with Crippen LogP contribution < -0.4 is 10.6 Å². The SMILES string of the molecule is CC1(C)[C@@H]2CC[C@]1(C)[C@H](NC(=O)NCc1ccco1)C2. The minimum atomic E-state index is -0.0871. The Morgan fingerprint density at radius 1 is 1.45 bits per heavy atom. The van der Waals surface area contributed by atoms with E-state index >= 15 is 0 Å². The summed E-state index contributed by atoms with van der Waals surface area (Å²) in [4.78, 5) is 12.1. The Morgan fingerprint density at radius 2 is 2.25 bits per heavy atom. The van der Waals surface area contributed by atoms with Crippen molar-refractivity contribution < 1.29 is 9.21 Å². The molecule has 20 heavy (non-hydrogen) atoms. The first-order chi connectivity index (χ1) is 9.43. The molecule has 4 nitrogen and oxygen atoms in total. The van der Waals surface area contributed by atoms with Gasteiger partial charge in [0.05, 0.1) is 12.8 Å². The van der Waals surface area contributed by atoms with Crippen LogP contribution in [0.3, 0.4) is 0 Å². The van der Waals surface area contributed by atoms with Crippen molar-refractivity contribution in [1.82, 2.24) is 10.6 Å². The van der Waals surface area contributed by atoms with Crippen LogP contribution in [-0.4, -0.2) is 12.1 Å². The van der Waals surface area contributed by atoms with E-state index in [1.54, 1.807) is 6.26 Å². The number of furan rings is 1. The highest BCUT2D eigenvalue weighted by molar-refractivity contribution is 5.74. The molecule has 1 aromatic heterocycles. The van der Waals surface area contributed by atoms with Crippen LogP contribution in [-0.2, 0) is 6.54 Å². The number of fused-ring (bicyclic) bond motifs is 2. The fraction of sp³-hybridized carbons (Fsp3) is 0.688. The molecule has 0 saturated heterocycles. The van der Waals surface area contributed by atoms with Crippen LogP contribution in [0.1, 0.15) is 45.8 Å². The van der Waals surface area contributed by atoms with Gasteiger partial charge in [-0.2, -0.15) is 0 Å². The highest BCUT2D eigenvalue weighted by Gasteiger charge is 2.61. The van der Waals surface area contributed by atoms with Gasteiger partial charge in [0.2, 0.25) is 0 Å². The second kappa shape index (κ2) is 4.54. The van der Waals surface area contributed by atoms with Gasteiger partial charge in [-0.1, -0.05) is 20.8 Å². The van der Waals surface area contributed by atoms with Crippen molar-refractivity contribution in [3.05, 3.63) is 24.2 Å². The predicted molar refractivity (Wildman–Crippen MR) is 77.1 cm³/mol. The van der Waals surface area contributed by atoms with E-state index in [2.05, 4.69) is 31.4 Å². The molecule has 2 aliphatic carbocycles. The maximum atomic E-state index is 12.1. The molecular weight excluding hydrogens is 252 g/mol. The van der Waals surface area contributed by atoms with Crippen LogP contribution in [0.2, 0.25) is 0 Å². The third-order valence-electron chi connectivity index (χ3n) is 6.10. The fourth-order valence-electron chi connectivity index (χ4n) is 4.21. The number of amides is 2. The average molecular weight is 276 g/mol. The van der Waals surface area contributed by atoms with E-state index in [-0.39, 0.29) is 17.5 Å². The number of hydrogen-bond acceptors (Lipinski definition) is 2. The zero-order chi connectivity index (χ0) is 14.4. The molecule has 0 radical (unpaired) electrons. The summed E-state index contributed by atoms with van der Waals surface area (Å²) in [5, 5.41) is 6.05. The third-order valence-corrected chi connectivity index (χ3v) is 6.10. The second-order valence-corrected chi connectivity index (χ2v) is 7.07. The number of urea groups is 1. The quantitative estimate of drug-likeness (QED) is 0.890. The van der Waals surface area contributed by atoms with E-state index in [4.69, 9.17) is 4.42 Å². The van der Waals surface area contributed by atoms with Gasteiger partial charge in [-0.15, -0.1) is 0 Å². The van der Waals surface area contributed by atoms with Crippen LogP contribution in [0.5, 0.6) is 0 Å². The maximum Gasteiger partial charge on any atom is 0.315 e. The Morgan fingerprint density at radius 3 is 2.80 bits per heavy atom. The Labute approximate surface area is 120 Å². The minimum Gasteiger partial charge on any atom is -0.467 e. The smallest absolute Gasteiger partial charge is 0.315 e. The lowest BCUT2D eigenvalue weighted by Gasteiger charge is -2.39. The Bertz CT molecular complexity index is 495. The molecule has 0 aromatic carbocycles. The van der Waals surface area contributed by atoms with Crippen LogP contribution in [0.15, 0.2) is 22.8 Å². The summed E-state index contributed by atoms with van der Waals surface area (Å²) in [5.74, 6) is 1.52. The molecule has 0 unspecified atom stereocenters. The molecule has 0 spiro atoms. The Kier molecular flexibility index (Phi) is 3.07. The lowest BCUT2D eigenvalue weighted by molar-refractivity contribution is 0.123. The first-order valence-electron chi connectivity index (χ1n) is 7.50. The van der Waals surface area contributed by atoms with Gasteiger partial charge in [0, 0.05) is 6.04 Å². The lowest BCUT2D eigenvalue weighted by atomic mass is 9.69. The third kappa shape index (κ3) is 1.93. The van der Waals surface area contributed by atoms with E-state index in [0.717, 1.165) is 18.1 Å². The molecule has 3 atom stereocenters. The first-order valence-corrected chi connectivity index (χ1v) is 7.50. The molecule has 110 valence electrons. The van der Waals surface area contributed by atoms with Gasteiger partial charge in [0.15, 0.2) is 0 Å². The number of nitrogens with one attached hydrogen (secondary N) is 2. The highest BCUT2D eigenvalue weighted by atomic mass is 16.3. The van der Waals surface area contributed by atoms with Crippen molar-refractivity contribution in [3.63, 3.8) is 0 Å². The summed E-state index contributed by atoms with van der Waals surface area (Å²) >= 11 is 0. The molecule has 1 aromatic rings. The molecule has 2 N–H and O–H groups in total. The van der Waals surface area contributed by atoms with Gasteiger partial charge in [0.25, 0.3) is 0 Å². The normalized spacial score (nSPS) is 34.1. The van der Waals surface area contributed by atoms with Gasteiger partial charge in [-0.3, -0.25) is 0 Å². The number of carbonyl (C=O) groups is 1. The maximum absolute atomic E-state index is 12.1. The highest BCUT2D eigenvalue weighted by Crippen LogP contribution is 2.65. The molecular formula is C16H24N2O2. The second-order valence-electron chi connectivity index (χ2n) is 7.07. The van der Waals surface area contributed by atoms with Gasteiger partial charge in [-0.25, -0.2) is 4.79 Å². The van der Waals surface area contributed by atoms with Crippen LogP contribution in [0.25, 0.3) is 0 Å². The first kappa shape index (κ1) is 13.5. The van der Waals surface area contributed by atoms with E-state index in [1.807, 2.05) is 12.1 Å². The largest absolute Gasteiger partial charge is 0.467 e. The van der Waals surface area contributed by atoms with Crippen LogP contribution in [0, 0.1) is 16.7 Å². The predicted octanol–water partition coefficient (Wildman–Crippen LogP) is 3.29. The van der Waals surface area contributed by atoms with E-state index in [9.17, 15) is 4.79 Å². The van der Waals surface area contributed by atoms with Gasteiger partial charge in [-0.05, 0) is 48.1 Å². The van der Waals surface area contributed by atoms with Crippen molar-refractivity contribution >= 4 is 6.03 Å². The summed E-state index contributed by atoms with van der Waals surface area (Å²) < 4.78 is 5.21. The van der Waals surface area contributed by atoms with E-state index < -0.39 is 0 Å². The van der Waals surface area contributed by atoms with Crippen molar-refractivity contribution in [3.8, 4) is 0 Å². The van der Waals surface area contributed by atoms with Crippen LogP contribution >= 0.6 is 0 Å². The molecule has 2 aliphatic rings. The van der Waals surface area contributed by atoms with Crippen molar-refractivity contribution in [2.75, 3.05) is 0 Å². The average Bonchev–Trinajstić information content (AvgIpc) is 3.02. The van der Waals surface area contributed by atoms with Crippen molar-refractivity contribution in [1.29, 1.82) is 0 Å². The van der Waals surface area contributed by atoms with Gasteiger partial charge < -0.3 is 15.1 Å². The molecule has 1 heterocycles. The minimum absolute atomic E-state index is 0.0871. The monoisotopic (exact) mass is 276 g/mol. The molecule has 2 bridgehead atoms. The molecule has 4 heteroatoms. The Balaban J connectivity index is 1.58. The fourth-order valence-corrected chi connectivity index (χ4v) is 4.21. The molecule has 2 fully saturated rings. The summed E-state index contributed by atoms with van der Waals surface area (Å²) in [6.07, 6.45) is 5.25. The zero-order valence-corrected chi connectivity index (χ0v) is 12.5. The molecule has 0 aliphatic heterocycles. The van der Waals surface area contributed by atoms with E-state index in [1.165, 1.54) is 12.8 Å². The van der Waals surface area contributed by atoms with Crippen molar-refractivity contribution in [2.24, 2.45) is 16.7 Å². The summed E-state index contributed by atoms with van der Waals surface area (Å²) in [6.45, 7) is 7.48.